The Labute approximate surface area is 112 Å². The van der Waals surface area contributed by atoms with Crippen molar-refractivity contribution >= 4 is 11.6 Å². The standard InChI is InChI=1S/C13H19N5O/c1-4-5-10-12(14)16-7-17-13(10)15-6-11-18-8(2)9(3)19-11/h7H,4-6H2,1-3H3,(H3,14,15,16,17). The number of nitrogens with zero attached hydrogens (tertiary/aromatic N) is 3. The minimum Gasteiger partial charge on any atom is -0.444 e. The molecule has 0 radical (unpaired) electrons. The Hall–Kier alpha value is -2.11. The van der Waals surface area contributed by atoms with Crippen LogP contribution >= 0.6 is 0 Å². The van der Waals surface area contributed by atoms with E-state index in [0.29, 0.717) is 18.3 Å². The summed E-state index contributed by atoms with van der Waals surface area (Å²) in [5, 5.41) is 3.21. The van der Waals surface area contributed by atoms with E-state index in [0.717, 1.165) is 35.7 Å². The highest BCUT2D eigenvalue weighted by Crippen LogP contribution is 2.20. The zero-order valence-corrected chi connectivity index (χ0v) is 11.5. The molecule has 6 nitrogen and oxygen atoms in total. The van der Waals surface area contributed by atoms with Crippen molar-refractivity contribution in [2.75, 3.05) is 11.1 Å². The number of nitrogen functional groups attached to an aromatic ring is 1. The lowest BCUT2D eigenvalue weighted by atomic mass is 10.1. The molecular weight excluding hydrogens is 242 g/mol. The van der Waals surface area contributed by atoms with E-state index in [9.17, 15) is 0 Å². The first-order chi connectivity index (χ1) is 9.11. The largest absolute Gasteiger partial charge is 0.444 e. The van der Waals surface area contributed by atoms with Crippen LogP contribution in [0, 0.1) is 13.8 Å². The summed E-state index contributed by atoms with van der Waals surface area (Å²) < 4.78 is 5.52. The van der Waals surface area contributed by atoms with Crippen LogP contribution in [0.4, 0.5) is 11.6 Å². The third-order valence-electron chi connectivity index (χ3n) is 2.96. The quantitative estimate of drug-likeness (QED) is 0.857. The van der Waals surface area contributed by atoms with E-state index >= 15 is 0 Å². The molecule has 19 heavy (non-hydrogen) atoms. The Kier molecular flexibility index (Phi) is 3.99. The van der Waals surface area contributed by atoms with Crippen LogP contribution in [0.15, 0.2) is 10.7 Å². The first kappa shape index (κ1) is 13.3. The van der Waals surface area contributed by atoms with Gasteiger partial charge in [0.2, 0.25) is 5.89 Å². The molecule has 2 heterocycles. The Morgan fingerprint density at radius 1 is 1.32 bits per heavy atom. The maximum Gasteiger partial charge on any atom is 0.213 e. The summed E-state index contributed by atoms with van der Waals surface area (Å²) in [4.78, 5) is 12.6. The average molecular weight is 261 g/mol. The molecule has 0 unspecified atom stereocenters. The summed E-state index contributed by atoms with van der Waals surface area (Å²) in [6, 6.07) is 0. The molecule has 3 N–H and O–H groups in total. The number of hydrogen-bond donors (Lipinski definition) is 2. The molecule has 0 aliphatic rings. The van der Waals surface area contributed by atoms with Crippen molar-refractivity contribution in [2.45, 2.75) is 40.2 Å². The van der Waals surface area contributed by atoms with Crippen molar-refractivity contribution in [1.29, 1.82) is 0 Å². The van der Waals surface area contributed by atoms with Gasteiger partial charge in [-0.05, 0) is 20.3 Å². The second kappa shape index (κ2) is 5.69. The second-order valence-electron chi connectivity index (χ2n) is 4.44. The number of nitrogens with one attached hydrogen (secondary N) is 1. The van der Waals surface area contributed by atoms with Gasteiger partial charge in [-0.2, -0.15) is 0 Å². The van der Waals surface area contributed by atoms with Gasteiger partial charge in [0.05, 0.1) is 12.2 Å². The minimum absolute atomic E-state index is 0.488. The fourth-order valence-corrected chi connectivity index (χ4v) is 1.85. The molecule has 2 rings (SSSR count). The number of nitrogens with two attached hydrogens (primary N) is 1. The second-order valence-corrected chi connectivity index (χ2v) is 4.44. The third kappa shape index (κ3) is 3.01. The highest BCUT2D eigenvalue weighted by atomic mass is 16.4. The van der Waals surface area contributed by atoms with Gasteiger partial charge in [-0.3, -0.25) is 0 Å². The van der Waals surface area contributed by atoms with E-state index < -0.39 is 0 Å². The van der Waals surface area contributed by atoms with Crippen molar-refractivity contribution in [3.8, 4) is 0 Å². The molecule has 0 bridgehead atoms. The topological polar surface area (TPSA) is 89.9 Å². The highest BCUT2D eigenvalue weighted by Gasteiger charge is 2.10. The number of hydrogen-bond acceptors (Lipinski definition) is 6. The van der Waals surface area contributed by atoms with Gasteiger partial charge in [0.15, 0.2) is 0 Å². The molecule has 0 aliphatic heterocycles. The molecule has 0 saturated carbocycles. The summed E-state index contributed by atoms with van der Waals surface area (Å²) in [5.74, 6) is 2.77. The fraction of sp³-hybridized carbons (Fsp3) is 0.462. The summed E-state index contributed by atoms with van der Waals surface area (Å²) in [6.07, 6.45) is 3.30. The lowest BCUT2D eigenvalue weighted by Gasteiger charge is -2.10. The molecule has 0 saturated heterocycles. The number of aryl methyl sites for hydroxylation is 2. The minimum atomic E-state index is 0.488. The molecule has 0 aromatic carbocycles. The molecule has 0 amide bonds. The van der Waals surface area contributed by atoms with Crippen molar-refractivity contribution in [3.05, 3.63) is 29.2 Å². The summed E-state index contributed by atoms with van der Waals surface area (Å²) in [6.45, 7) is 6.41. The third-order valence-corrected chi connectivity index (χ3v) is 2.96. The maximum absolute atomic E-state index is 5.87. The van der Waals surface area contributed by atoms with E-state index in [2.05, 4.69) is 27.2 Å². The Balaban J connectivity index is 2.12. The van der Waals surface area contributed by atoms with Crippen LogP contribution in [0.5, 0.6) is 0 Å². The number of rotatable bonds is 5. The van der Waals surface area contributed by atoms with E-state index in [1.807, 2.05) is 13.8 Å². The average Bonchev–Trinajstić information content (AvgIpc) is 2.70. The van der Waals surface area contributed by atoms with Crippen LogP contribution in [0.1, 0.15) is 36.3 Å². The summed E-state index contributed by atoms with van der Waals surface area (Å²) >= 11 is 0. The first-order valence-electron chi connectivity index (χ1n) is 6.38. The fourth-order valence-electron chi connectivity index (χ4n) is 1.85. The maximum atomic E-state index is 5.87. The van der Waals surface area contributed by atoms with Crippen LogP contribution in [-0.4, -0.2) is 15.0 Å². The van der Waals surface area contributed by atoms with Crippen molar-refractivity contribution in [3.63, 3.8) is 0 Å². The van der Waals surface area contributed by atoms with Crippen LogP contribution in [0.3, 0.4) is 0 Å². The smallest absolute Gasteiger partial charge is 0.213 e. The lowest BCUT2D eigenvalue weighted by molar-refractivity contribution is 0.478. The molecule has 102 valence electrons. The normalized spacial score (nSPS) is 10.7. The van der Waals surface area contributed by atoms with Crippen LogP contribution in [-0.2, 0) is 13.0 Å². The van der Waals surface area contributed by atoms with Crippen LogP contribution < -0.4 is 11.1 Å². The Morgan fingerprint density at radius 3 is 2.74 bits per heavy atom. The molecule has 2 aromatic rings. The SMILES string of the molecule is CCCc1c(N)ncnc1NCc1nc(C)c(C)o1. The van der Waals surface area contributed by atoms with Crippen LogP contribution in [0.2, 0.25) is 0 Å². The van der Waals surface area contributed by atoms with E-state index in [-0.39, 0.29) is 0 Å². The van der Waals surface area contributed by atoms with Gasteiger partial charge < -0.3 is 15.5 Å². The van der Waals surface area contributed by atoms with Crippen molar-refractivity contribution in [1.82, 2.24) is 15.0 Å². The molecule has 0 aliphatic carbocycles. The molecular formula is C13H19N5O. The summed E-state index contributed by atoms with van der Waals surface area (Å²) in [7, 11) is 0. The molecule has 2 aromatic heterocycles. The van der Waals surface area contributed by atoms with Crippen molar-refractivity contribution in [2.24, 2.45) is 0 Å². The zero-order valence-electron chi connectivity index (χ0n) is 11.5. The molecule has 6 heteroatoms. The first-order valence-corrected chi connectivity index (χ1v) is 6.38. The predicted octanol–water partition coefficient (Wildman–Crippen LogP) is 2.23. The zero-order chi connectivity index (χ0) is 13.8. The van der Waals surface area contributed by atoms with Gasteiger partial charge in [-0.15, -0.1) is 0 Å². The Bertz CT molecular complexity index is 545. The lowest BCUT2D eigenvalue weighted by Crippen LogP contribution is -2.08. The van der Waals surface area contributed by atoms with E-state index in [1.165, 1.54) is 6.33 Å². The molecule has 0 fully saturated rings. The monoisotopic (exact) mass is 261 g/mol. The van der Waals surface area contributed by atoms with Gasteiger partial charge in [0.25, 0.3) is 0 Å². The molecule has 0 spiro atoms. The van der Waals surface area contributed by atoms with E-state index in [1.54, 1.807) is 0 Å². The van der Waals surface area contributed by atoms with Gasteiger partial charge in [-0.1, -0.05) is 13.3 Å². The van der Waals surface area contributed by atoms with Gasteiger partial charge in [-0.25, -0.2) is 15.0 Å². The molecule has 0 atom stereocenters. The number of aromatic nitrogens is 3. The van der Waals surface area contributed by atoms with Gasteiger partial charge in [0, 0.05) is 5.56 Å². The summed E-state index contributed by atoms with van der Waals surface area (Å²) in [5.41, 5.74) is 7.73. The van der Waals surface area contributed by atoms with Crippen molar-refractivity contribution < 1.29 is 4.42 Å². The predicted molar refractivity (Wildman–Crippen MR) is 73.7 cm³/mol. The van der Waals surface area contributed by atoms with Crippen LogP contribution in [0.25, 0.3) is 0 Å². The number of oxazole rings is 1. The van der Waals surface area contributed by atoms with Gasteiger partial charge >= 0.3 is 0 Å². The Morgan fingerprint density at radius 2 is 2.11 bits per heavy atom. The highest BCUT2D eigenvalue weighted by molar-refractivity contribution is 5.54. The van der Waals surface area contributed by atoms with E-state index in [4.69, 9.17) is 10.2 Å². The number of anilines is 2. The van der Waals surface area contributed by atoms with Gasteiger partial charge in [0.1, 0.15) is 23.7 Å².